The van der Waals surface area contributed by atoms with Crippen molar-refractivity contribution in [3.63, 3.8) is 0 Å². The van der Waals surface area contributed by atoms with Gasteiger partial charge < -0.3 is 14.8 Å². The summed E-state index contributed by atoms with van der Waals surface area (Å²) < 4.78 is 1.60. The van der Waals surface area contributed by atoms with E-state index < -0.39 is 0 Å². The van der Waals surface area contributed by atoms with Gasteiger partial charge in [0.05, 0.1) is 12.7 Å². The van der Waals surface area contributed by atoms with Crippen molar-refractivity contribution < 1.29 is 4.79 Å². The van der Waals surface area contributed by atoms with Crippen molar-refractivity contribution in [2.75, 3.05) is 40.3 Å². The van der Waals surface area contributed by atoms with E-state index in [1.807, 2.05) is 4.90 Å². The summed E-state index contributed by atoms with van der Waals surface area (Å²) in [5.41, 5.74) is 0.421. The Morgan fingerprint density at radius 3 is 2.65 bits per heavy atom. The van der Waals surface area contributed by atoms with Gasteiger partial charge in [0, 0.05) is 47.3 Å². The van der Waals surface area contributed by atoms with Crippen molar-refractivity contribution in [2.24, 2.45) is 7.05 Å². The Kier molecular flexibility index (Phi) is 4.03. The smallest absolute Gasteiger partial charge is 0.319 e. The highest BCUT2D eigenvalue weighted by Gasteiger charge is 2.22. The predicted octanol–water partition coefficient (Wildman–Crippen LogP) is -0.544. The maximum Gasteiger partial charge on any atom is 0.319 e. The van der Waals surface area contributed by atoms with Gasteiger partial charge in [-0.15, -0.1) is 0 Å². The Labute approximate surface area is 133 Å². The van der Waals surface area contributed by atoms with Gasteiger partial charge in [0.25, 0.3) is 5.56 Å². The number of nitrogens with one attached hydrogen (secondary N) is 1. The number of hydrogen-bond acceptors (Lipinski definition) is 5. The van der Waals surface area contributed by atoms with Crippen molar-refractivity contribution >= 4 is 17.1 Å². The molecular weight excluding hydrogens is 298 g/mol. The molecule has 2 aromatic rings. The number of aromatic nitrogens is 4. The lowest BCUT2D eigenvalue weighted by molar-refractivity contribution is 0.118. The SMILES string of the molecule is CN(C)C(=O)N1CCN(Cc2nc3c(cnn3C)c(=O)[nH]2)CC1. The van der Waals surface area contributed by atoms with Gasteiger partial charge in [-0.05, 0) is 0 Å². The maximum absolute atomic E-state index is 12.0. The van der Waals surface area contributed by atoms with Crippen molar-refractivity contribution in [1.82, 2.24) is 34.4 Å². The van der Waals surface area contributed by atoms with E-state index in [9.17, 15) is 9.59 Å². The summed E-state index contributed by atoms with van der Waals surface area (Å²) in [6.07, 6.45) is 1.52. The molecule has 23 heavy (non-hydrogen) atoms. The van der Waals surface area contributed by atoms with Crippen LogP contribution in [0.5, 0.6) is 0 Å². The molecule has 0 saturated carbocycles. The average molecular weight is 319 g/mol. The zero-order valence-electron chi connectivity index (χ0n) is 13.6. The summed E-state index contributed by atoms with van der Waals surface area (Å²) in [4.78, 5) is 36.9. The monoisotopic (exact) mass is 319 g/mol. The second-order valence-corrected chi connectivity index (χ2v) is 5.96. The number of rotatable bonds is 2. The first kappa shape index (κ1) is 15.5. The van der Waals surface area contributed by atoms with Gasteiger partial charge in [0.1, 0.15) is 11.2 Å². The standard InChI is InChI=1S/C14H21N7O2/c1-18(2)14(23)21-6-4-20(5-7-21)9-11-16-12-10(13(22)17-11)8-15-19(12)3/h8H,4-7,9H2,1-3H3,(H,16,17,22). The van der Waals surface area contributed by atoms with Crippen LogP contribution in [0, 0.1) is 0 Å². The molecule has 2 aromatic heterocycles. The molecule has 0 spiro atoms. The lowest BCUT2D eigenvalue weighted by Gasteiger charge is -2.35. The highest BCUT2D eigenvalue weighted by Crippen LogP contribution is 2.09. The van der Waals surface area contributed by atoms with Crippen molar-refractivity contribution in [2.45, 2.75) is 6.54 Å². The molecule has 1 aliphatic heterocycles. The molecule has 1 aliphatic rings. The van der Waals surface area contributed by atoms with Gasteiger partial charge in [-0.3, -0.25) is 14.4 Å². The fraction of sp³-hybridized carbons (Fsp3) is 0.571. The molecule has 9 nitrogen and oxygen atoms in total. The molecule has 0 aromatic carbocycles. The number of hydrogen-bond donors (Lipinski definition) is 1. The first-order valence-electron chi connectivity index (χ1n) is 7.55. The van der Waals surface area contributed by atoms with E-state index in [0.29, 0.717) is 36.5 Å². The molecule has 0 unspecified atom stereocenters. The third-order valence-electron chi connectivity index (χ3n) is 4.05. The quantitative estimate of drug-likeness (QED) is 0.802. The third kappa shape index (κ3) is 3.04. The summed E-state index contributed by atoms with van der Waals surface area (Å²) in [6.45, 7) is 3.42. The second kappa shape index (κ2) is 5.99. The summed E-state index contributed by atoms with van der Waals surface area (Å²) >= 11 is 0. The lowest BCUT2D eigenvalue weighted by atomic mass is 10.3. The minimum absolute atomic E-state index is 0.0347. The van der Waals surface area contributed by atoms with Gasteiger partial charge in [-0.1, -0.05) is 0 Å². The van der Waals surface area contributed by atoms with Crippen LogP contribution in [0.15, 0.2) is 11.0 Å². The molecular formula is C14H21N7O2. The molecule has 1 saturated heterocycles. The molecule has 3 rings (SSSR count). The van der Waals surface area contributed by atoms with Crippen molar-refractivity contribution in [3.8, 4) is 0 Å². The largest absolute Gasteiger partial charge is 0.331 e. The van der Waals surface area contributed by atoms with E-state index in [1.165, 1.54) is 6.20 Å². The van der Waals surface area contributed by atoms with Crippen LogP contribution in [0.3, 0.4) is 0 Å². The molecule has 0 radical (unpaired) electrons. The first-order chi connectivity index (χ1) is 11.0. The number of H-pyrrole nitrogens is 1. The van der Waals surface area contributed by atoms with Crippen LogP contribution >= 0.6 is 0 Å². The Hall–Kier alpha value is -2.42. The van der Waals surface area contributed by atoms with Crippen LogP contribution in [0.2, 0.25) is 0 Å². The summed E-state index contributed by atoms with van der Waals surface area (Å²) in [5, 5.41) is 4.56. The van der Waals surface area contributed by atoms with Gasteiger partial charge in [0.15, 0.2) is 5.65 Å². The normalized spacial score (nSPS) is 16.0. The fourth-order valence-corrected chi connectivity index (χ4v) is 2.74. The summed E-state index contributed by atoms with van der Waals surface area (Å²) in [7, 11) is 5.28. The lowest BCUT2D eigenvalue weighted by Crippen LogP contribution is -2.51. The third-order valence-corrected chi connectivity index (χ3v) is 4.05. The van der Waals surface area contributed by atoms with Gasteiger partial charge in [-0.25, -0.2) is 9.78 Å². The Bertz CT molecular complexity index is 771. The zero-order valence-corrected chi connectivity index (χ0v) is 13.6. The molecule has 3 heterocycles. The van der Waals surface area contributed by atoms with Crippen LogP contribution in [-0.2, 0) is 13.6 Å². The van der Waals surface area contributed by atoms with Crippen LogP contribution in [-0.4, -0.2) is 80.8 Å². The predicted molar refractivity (Wildman–Crippen MR) is 85.1 cm³/mol. The second-order valence-electron chi connectivity index (χ2n) is 5.96. The zero-order chi connectivity index (χ0) is 16.6. The number of aryl methyl sites for hydroxylation is 1. The molecule has 0 bridgehead atoms. The topological polar surface area (TPSA) is 90.4 Å². The van der Waals surface area contributed by atoms with Crippen LogP contribution < -0.4 is 5.56 Å². The van der Waals surface area contributed by atoms with E-state index in [4.69, 9.17) is 0 Å². The number of piperazine rings is 1. The Morgan fingerprint density at radius 2 is 2.00 bits per heavy atom. The highest BCUT2D eigenvalue weighted by molar-refractivity contribution is 5.74. The van der Waals surface area contributed by atoms with E-state index >= 15 is 0 Å². The van der Waals surface area contributed by atoms with Crippen LogP contribution in [0.4, 0.5) is 4.79 Å². The van der Waals surface area contributed by atoms with Crippen molar-refractivity contribution in [1.29, 1.82) is 0 Å². The number of nitrogens with zero attached hydrogens (tertiary/aromatic N) is 6. The van der Waals surface area contributed by atoms with E-state index in [-0.39, 0.29) is 11.6 Å². The average Bonchev–Trinajstić information content (AvgIpc) is 2.89. The van der Waals surface area contributed by atoms with Crippen LogP contribution in [0.25, 0.3) is 11.0 Å². The molecule has 9 heteroatoms. The van der Waals surface area contributed by atoms with E-state index in [2.05, 4.69) is 20.0 Å². The molecule has 0 atom stereocenters. The molecule has 124 valence electrons. The summed E-state index contributed by atoms with van der Waals surface area (Å²) in [5.74, 6) is 0.624. The minimum Gasteiger partial charge on any atom is -0.331 e. The molecule has 1 fully saturated rings. The van der Waals surface area contributed by atoms with Gasteiger partial charge in [0.2, 0.25) is 0 Å². The van der Waals surface area contributed by atoms with E-state index in [1.54, 1.807) is 30.7 Å². The first-order valence-corrected chi connectivity index (χ1v) is 7.55. The number of aromatic amines is 1. The van der Waals surface area contributed by atoms with Gasteiger partial charge >= 0.3 is 6.03 Å². The van der Waals surface area contributed by atoms with E-state index in [0.717, 1.165) is 13.1 Å². The minimum atomic E-state index is -0.167. The number of amides is 2. The maximum atomic E-state index is 12.0. The Balaban J connectivity index is 1.68. The summed E-state index contributed by atoms with van der Waals surface area (Å²) in [6, 6.07) is 0.0347. The number of carbonyl (C=O) groups is 1. The van der Waals surface area contributed by atoms with Crippen LogP contribution in [0.1, 0.15) is 5.82 Å². The fourth-order valence-electron chi connectivity index (χ4n) is 2.74. The van der Waals surface area contributed by atoms with Gasteiger partial charge in [-0.2, -0.15) is 5.10 Å². The Morgan fingerprint density at radius 1 is 1.30 bits per heavy atom. The number of fused-ring (bicyclic) bond motifs is 1. The molecule has 2 amide bonds. The molecule has 1 N–H and O–H groups in total. The number of carbonyl (C=O) groups excluding carboxylic acids is 1. The molecule has 0 aliphatic carbocycles. The highest BCUT2D eigenvalue weighted by atomic mass is 16.2. The number of urea groups is 1. The van der Waals surface area contributed by atoms with Crippen molar-refractivity contribution in [3.05, 3.63) is 22.4 Å².